The first-order chi connectivity index (χ1) is 5.86. The van der Waals surface area contributed by atoms with Gasteiger partial charge in [-0.2, -0.15) is 0 Å². The smallest absolute Gasteiger partial charge is 0.0420 e. The molecule has 0 N–H and O–H groups in total. The number of fused-ring (bicyclic) bond motifs is 1. The van der Waals surface area contributed by atoms with Crippen molar-refractivity contribution in [1.29, 1.82) is 0 Å². The molecular formula is C10H10BrN. The van der Waals surface area contributed by atoms with Crippen molar-refractivity contribution in [2.24, 2.45) is 0 Å². The van der Waals surface area contributed by atoms with Crippen molar-refractivity contribution < 1.29 is 0 Å². The maximum atomic E-state index is 3.46. The van der Waals surface area contributed by atoms with Crippen molar-refractivity contribution in [1.82, 2.24) is 4.90 Å². The van der Waals surface area contributed by atoms with Gasteiger partial charge in [0.1, 0.15) is 0 Å². The van der Waals surface area contributed by atoms with Crippen LogP contribution < -0.4 is 0 Å². The Morgan fingerprint density at radius 1 is 1.25 bits per heavy atom. The molecule has 0 fully saturated rings. The van der Waals surface area contributed by atoms with Gasteiger partial charge in [-0.1, -0.05) is 28.1 Å². The average molecular weight is 224 g/mol. The number of nitrogens with zero attached hydrogens (tertiary/aromatic N) is 1. The SMILES string of the molecule is BrC1=CC2=CCCC=CN2C=C1. The molecule has 2 heteroatoms. The van der Waals surface area contributed by atoms with Gasteiger partial charge >= 0.3 is 0 Å². The first-order valence-corrected chi connectivity index (χ1v) is 4.86. The summed E-state index contributed by atoms with van der Waals surface area (Å²) < 4.78 is 1.14. The first-order valence-electron chi connectivity index (χ1n) is 4.07. The van der Waals surface area contributed by atoms with Crippen LogP contribution in [0.4, 0.5) is 0 Å². The summed E-state index contributed by atoms with van der Waals surface area (Å²) in [4.78, 5) is 2.14. The minimum Gasteiger partial charge on any atom is -0.324 e. The minimum atomic E-state index is 1.13. The van der Waals surface area contributed by atoms with Crippen LogP contribution in [0.1, 0.15) is 12.8 Å². The zero-order valence-electron chi connectivity index (χ0n) is 6.70. The van der Waals surface area contributed by atoms with Crippen LogP contribution in [0.2, 0.25) is 0 Å². The third-order valence-corrected chi connectivity index (χ3v) is 2.42. The molecule has 0 saturated carbocycles. The van der Waals surface area contributed by atoms with E-state index in [9.17, 15) is 0 Å². The number of halogens is 1. The lowest BCUT2D eigenvalue weighted by molar-refractivity contribution is 0.645. The summed E-state index contributed by atoms with van der Waals surface area (Å²) in [6, 6.07) is 0. The van der Waals surface area contributed by atoms with Crippen LogP contribution in [0.3, 0.4) is 0 Å². The van der Waals surface area contributed by atoms with Gasteiger partial charge in [-0.15, -0.1) is 0 Å². The number of hydrogen-bond acceptors (Lipinski definition) is 1. The minimum absolute atomic E-state index is 1.13. The summed E-state index contributed by atoms with van der Waals surface area (Å²) in [5.41, 5.74) is 1.26. The van der Waals surface area contributed by atoms with Crippen LogP contribution in [0.5, 0.6) is 0 Å². The highest BCUT2D eigenvalue weighted by molar-refractivity contribution is 9.11. The molecule has 0 saturated heterocycles. The van der Waals surface area contributed by atoms with E-state index in [0.717, 1.165) is 17.3 Å². The van der Waals surface area contributed by atoms with Crippen LogP contribution in [-0.4, -0.2) is 4.90 Å². The Balaban J connectivity index is 2.33. The van der Waals surface area contributed by atoms with E-state index in [1.807, 2.05) is 6.08 Å². The van der Waals surface area contributed by atoms with Crippen molar-refractivity contribution in [2.45, 2.75) is 12.8 Å². The molecule has 0 bridgehead atoms. The van der Waals surface area contributed by atoms with Gasteiger partial charge in [0.15, 0.2) is 0 Å². The van der Waals surface area contributed by atoms with Crippen molar-refractivity contribution in [3.05, 3.63) is 46.9 Å². The Kier molecular flexibility index (Phi) is 2.17. The molecule has 0 aromatic rings. The molecule has 0 aromatic carbocycles. The fourth-order valence-corrected chi connectivity index (χ4v) is 1.67. The third kappa shape index (κ3) is 1.53. The number of hydrogen-bond donors (Lipinski definition) is 0. The molecule has 2 aliphatic rings. The van der Waals surface area contributed by atoms with Gasteiger partial charge in [0.2, 0.25) is 0 Å². The Morgan fingerprint density at radius 2 is 2.17 bits per heavy atom. The van der Waals surface area contributed by atoms with Gasteiger partial charge in [0.05, 0.1) is 0 Å². The van der Waals surface area contributed by atoms with E-state index in [0.29, 0.717) is 0 Å². The number of allylic oxidation sites excluding steroid dienone is 5. The van der Waals surface area contributed by atoms with E-state index in [2.05, 4.69) is 51.5 Å². The zero-order chi connectivity index (χ0) is 8.39. The van der Waals surface area contributed by atoms with Crippen LogP contribution in [-0.2, 0) is 0 Å². The molecule has 62 valence electrons. The number of rotatable bonds is 0. The fraction of sp³-hybridized carbons (Fsp3) is 0.200. The lowest BCUT2D eigenvalue weighted by Gasteiger charge is -2.19. The quantitative estimate of drug-likeness (QED) is 0.610. The van der Waals surface area contributed by atoms with E-state index < -0.39 is 0 Å². The lowest BCUT2D eigenvalue weighted by atomic mass is 10.2. The molecule has 0 spiro atoms. The Morgan fingerprint density at radius 3 is 3.08 bits per heavy atom. The van der Waals surface area contributed by atoms with Gasteiger partial charge in [0, 0.05) is 22.6 Å². The normalized spacial score (nSPS) is 21.2. The molecule has 1 nitrogen and oxygen atoms in total. The van der Waals surface area contributed by atoms with Crippen molar-refractivity contribution in [2.75, 3.05) is 0 Å². The Labute approximate surface area is 80.9 Å². The summed E-state index contributed by atoms with van der Waals surface area (Å²) in [6.45, 7) is 0. The standard InChI is InChI=1S/C10H10BrN/c11-9-5-7-12-6-3-1-2-4-10(12)8-9/h3-8H,1-2H2. The van der Waals surface area contributed by atoms with Crippen molar-refractivity contribution in [3.63, 3.8) is 0 Å². The molecule has 12 heavy (non-hydrogen) atoms. The van der Waals surface area contributed by atoms with Gasteiger partial charge in [-0.3, -0.25) is 0 Å². The second kappa shape index (κ2) is 3.31. The highest BCUT2D eigenvalue weighted by Crippen LogP contribution is 2.23. The Hall–Kier alpha value is -0.760. The average Bonchev–Trinajstić information content (AvgIpc) is 2.28. The molecule has 0 aliphatic carbocycles. The van der Waals surface area contributed by atoms with E-state index in [1.165, 1.54) is 5.70 Å². The Bertz CT molecular complexity index is 297. The third-order valence-electron chi connectivity index (χ3n) is 1.93. The first kappa shape index (κ1) is 7.87. The lowest BCUT2D eigenvalue weighted by Crippen LogP contribution is -2.09. The van der Waals surface area contributed by atoms with Crippen LogP contribution in [0.15, 0.2) is 46.9 Å². The molecule has 2 rings (SSSR count). The second-order valence-electron chi connectivity index (χ2n) is 2.84. The maximum absolute atomic E-state index is 3.46. The molecule has 0 aromatic heterocycles. The largest absolute Gasteiger partial charge is 0.324 e. The van der Waals surface area contributed by atoms with Crippen LogP contribution in [0.25, 0.3) is 0 Å². The molecule has 0 unspecified atom stereocenters. The predicted octanol–water partition coefficient (Wildman–Crippen LogP) is 3.29. The predicted molar refractivity (Wildman–Crippen MR) is 54.4 cm³/mol. The molecule has 0 atom stereocenters. The van der Waals surface area contributed by atoms with E-state index >= 15 is 0 Å². The topological polar surface area (TPSA) is 3.24 Å². The van der Waals surface area contributed by atoms with Crippen LogP contribution in [0, 0.1) is 0 Å². The zero-order valence-corrected chi connectivity index (χ0v) is 8.29. The maximum Gasteiger partial charge on any atom is 0.0420 e. The molecule has 0 amide bonds. The van der Waals surface area contributed by atoms with Gasteiger partial charge < -0.3 is 4.90 Å². The summed E-state index contributed by atoms with van der Waals surface area (Å²) in [5, 5.41) is 0. The van der Waals surface area contributed by atoms with Gasteiger partial charge in [-0.05, 0) is 25.0 Å². The van der Waals surface area contributed by atoms with Crippen LogP contribution >= 0.6 is 15.9 Å². The van der Waals surface area contributed by atoms with Crippen molar-refractivity contribution in [3.8, 4) is 0 Å². The molecule has 2 aliphatic heterocycles. The highest BCUT2D eigenvalue weighted by Gasteiger charge is 2.07. The van der Waals surface area contributed by atoms with Crippen molar-refractivity contribution >= 4 is 15.9 Å². The van der Waals surface area contributed by atoms with Gasteiger partial charge in [-0.25, -0.2) is 0 Å². The van der Waals surface area contributed by atoms with E-state index in [-0.39, 0.29) is 0 Å². The summed E-state index contributed by atoms with van der Waals surface area (Å²) in [6.07, 6.45) is 15.1. The molecular weight excluding hydrogens is 214 g/mol. The highest BCUT2D eigenvalue weighted by atomic mass is 79.9. The summed E-state index contributed by atoms with van der Waals surface area (Å²) >= 11 is 3.46. The summed E-state index contributed by atoms with van der Waals surface area (Å²) in [5.74, 6) is 0. The second-order valence-corrected chi connectivity index (χ2v) is 3.76. The van der Waals surface area contributed by atoms with E-state index in [1.54, 1.807) is 0 Å². The van der Waals surface area contributed by atoms with E-state index in [4.69, 9.17) is 0 Å². The molecule has 0 radical (unpaired) electrons. The molecule has 2 heterocycles. The van der Waals surface area contributed by atoms with Gasteiger partial charge in [0.25, 0.3) is 0 Å². The summed E-state index contributed by atoms with van der Waals surface area (Å²) in [7, 11) is 0. The monoisotopic (exact) mass is 223 g/mol. The fourth-order valence-electron chi connectivity index (χ4n) is 1.32.